The van der Waals surface area contributed by atoms with Gasteiger partial charge in [0.15, 0.2) is 0 Å². The Morgan fingerprint density at radius 1 is 1.33 bits per heavy atom. The van der Waals surface area contributed by atoms with E-state index in [9.17, 15) is 9.59 Å². The molecule has 6 nitrogen and oxygen atoms in total. The largest absolute Gasteiger partial charge is 0.445 e. The van der Waals surface area contributed by atoms with Gasteiger partial charge in [-0.1, -0.05) is 30.3 Å². The molecule has 2 N–H and O–H groups in total. The summed E-state index contributed by atoms with van der Waals surface area (Å²) in [5, 5.41) is 0. The number of likely N-dealkylation sites (tertiary alicyclic amines) is 1. The van der Waals surface area contributed by atoms with Gasteiger partial charge in [0.1, 0.15) is 6.61 Å². The van der Waals surface area contributed by atoms with Crippen LogP contribution < -0.4 is 5.73 Å². The van der Waals surface area contributed by atoms with Crippen LogP contribution >= 0.6 is 0 Å². The fourth-order valence-electron chi connectivity index (χ4n) is 2.95. The maximum atomic E-state index is 12.2. The Balaban J connectivity index is 1.81. The van der Waals surface area contributed by atoms with E-state index in [-0.39, 0.29) is 37.1 Å². The summed E-state index contributed by atoms with van der Waals surface area (Å²) in [4.78, 5) is 27.6. The maximum Gasteiger partial charge on any atom is 0.410 e. The quantitative estimate of drug-likeness (QED) is 0.862. The highest BCUT2D eigenvalue weighted by Crippen LogP contribution is 2.20. The van der Waals surface area contributed by atoms with Crippen LogP contribution in [-0.2, 0) is 16.1 Å². The second kappa shape index (κ2) is 8.68. The van der Waals surface area contributed by atoms with E-state index in [1.165, 1.54) is 0 Å². The van der Waals surface area contributed by atoms with Gasteiger partial charge in [0.2, 0.25) is 5.91 Å². The number of benzene rings is 1. The Morgan fingerprint density at radius 3 is 2.67 bits per heavy atom. The zero-order chi connectivity index (χ0) is 17.5. The van der Waals surface area contributed by atoms with Gasteiger partial charge in [0.25, 0.3) is 0 Å². The number of carbonyl (C=O) groups is 2. The molecule has 0 spiro atoms. The fourth-order valence-corrected chi connectivity index (χ4v) is 2.95. The van der Waals surface area contributed by atoms with Gasteiger partial charge in [-0.25, -0.2) is 4.79 Å². The van der Waals surface area contributed by atoms with E-state index in [0.29, 0.717) is 19.6 Å². The summed E-state index contributed by atoms with van der Waals surface area (Å²) in [6, 6.07) is 9.74. The molecular formula is C18H27N3O3. The fraction of sp³-hybridized carbons (Fsp3) is 0.556. The summed E-state index contributed by atoms with van der Waals surface area (Å²) in [7, 11) is 0. The summed E-state index contributed by atoms with van der Waals surface area (Å²) in [5.41, 5.74) is 6.45. The van der Waals surface area contributed by atoms with Crippen molar-refractivity contribution in [2.24, 2.45) is 11.7 Å². The Bertz CT molecular complexity index is 548. The van der Waals surface area contributed by atoms with Crippen molar-refractivity contribution in [2.75, 3.05) is 26.2 Å². The molecule has 1 aromatic rings. The SMILES string of the molecule is CC(C)N(C[C@@H]1CCN(C(=O)OCc2ccccc2)C1)C(=O)CN. The van der Waals surface area contributed by atoms with E-state index >= 15 is 0 Å². The molecule has 0 saturated carbocycles. The van der Waals surface area contributed by atoms with Crippen LogP contribution in [0, 0.1) is 5.92 Å². The molecule has 1 aromatic carbocycles. The molecule has 0 aliphatic carbocycles. The summed E-state index contributed by atoms with van der Waals surface area (Å²) in [6.45, 7) is 6.19. The molecule has 24 heavy (non-hydrogen) atoms. The molecule has 1 aliphatic rings. The highest BCUT2D eigenvalue weighted by molar-refractivity contribution is 5.78. The second-order valence-electron chi connectivity index (χ2n) is 6.48. The Morgan fingerprint density at radius 2 is 2.04 bits per heavy atom. The van der Waals surface area contributed by atoms with Gasteiger partial charge in [0, 0.05) is 25.7 Å². The average molecular weight is 333 g/mol. The standard InChI is InChI=1S/C18H27N3O3/c1-14(2)21(17(22)10-19)12-16-8-9-20(11-16)18(23)24-13-15-6-4-3-5-7-15/h3-7,14,16H,8-13,19H2,1-2H3/t16-/m1/s1. The van der Waals surface area contributed by atoms with E-state index in [0.717, 1.165) is 12.0 Å². The summed E-state index contributed by atoms with van der Waals surface area (Å²) in [5.74, 6) is 0.224. The molecule has 1 saturated heterocycles. The first-order valence-electron chi connectivity index (χ1n) is 8.46. The smallest absolute Gasteiger partial charge is 0.410 e. The molecule has 2 rings (SSSR count). The van der Waals surface area contributed by atoms with Crippen molar-refractivity contribution >= 4 is 12.0 Å². The molecule has 6 heteroatoms. The van der Waals surface area contributed by atoms with Gasteiger partial charge in [-0.2, -0.15) is 0 Å². The molecular weight excluding hydrogens is 306 g/mol. The number of nitrogens with zero attached hydrogens (tertiary/aromatic N) is 2. The van der Waals surface area contributed by atoms with Crippen molar-refractivity contribution in [1.82, 2.24) is 9.80 Å². The topological polar surface area (TPSA) is 75.9 Å². The molecule has 132 valence electrons. The van der Waals surface area contributed by atoms with Crippen molar-refractivity contribution in [1.29, 1.82) is 0 Å². The first-order chi connectivity index (χ1) is 11.5. The lowest BCUT2D eigenvalue weighted by Gasteiger charge is -2.29. The average Bonchev–Trinajstić information content (AvgIpc) is 3.06. The molecule has 0 radical (unpaired) electrons. The Kier molecular flexibility index (Phi) is 6.61. The van der Waals surface area contributed by atoms with Crippen LogP contribution in [0.3, 0.4) is 0 Å². The lowest BCUT2D eigenvalue weighted by molar-refractivity contribution is -0.132. The number of rotatable bonds is 6. The lowest BCUT2D eigenvalue weighted by Crippen LogP contribution is -2.44. The number of ether oxygens (including phenoxy) is 1. The molecule has 1 atom stereocenters. The Labute approximate surface area is 143 Å². The van der Waals surface area contributed by atoms with Crippen LogP contribution in [0.5, 0.6) is 0 Å². The predicted octanol–water partition coefficient (Wildman–Crippen LogP) is 1.84. The van der Waals surface area contributed by atoms with Crippen LogP contribution in [0.4, 0.5) is 4.79 Å². The van der Waals surface area contributed by atoms with Crippen LogP contribution in [0.15, 0.2) is 30.3 Å². The number of nitrogens with two attached hydrogens (primary N) is 1. The minimum absolute atomic E-state index is 0.0216. The Hall–Kier alpha value is -2.08. The number of hydrogen-bond acceptors (Lipinski definition) is 4. The molecule has 2 amide bonds. The first kappa shape index (κ1) is 18.3. The van der Waals surface area contributed by atoms with Crippen molar-refractivity contribution in [2.45, 2.75) is 32.9 Å². The van der Waals surface area contributed by atoms with Crippen molar-refractivity contribution < 1.29 is 14.3 Å². The molecule has 0 bridgehead atoms. The van der Waals surface area contributed by atoms with Gasteiger partial charge in [-0.15, -0.1) is 0 Å². The minimum Gasteiger partial charge on any atom is -0.445 e. The minimum atomic E-state index is -0.289. The van der Waals surface area contributed by atoms with Crippen molar-refractivity contribution in [3.8, 4) is 0 Å². The predicted molar refractivity (Wildman–Crippen MR) is 92.2 cm³/mol. The molecule has 1 heterocycles. The number of hydrogen-bond donors (Lipinski definition) is 1. The van der Waals surface area contributed by atoms with Gasteiger partial charge in [-0.05, 0) is 31.7 Å². The summed E-state index contributed by atoms with van der Waals surface area (Å²) in [6.07, 6.45) is 0.587. The van der Waals surface area contributed by atoms with Crippen LogP contribution in [0.1, 0.15) is 25.8 Å². The van der Waals surface area contributed by atoms with Gasteiger partial charge in [0.05, 0.1) is 6.54 Å². The van der Waals surface area contributed by atoms with Crippen molar-refractivity contribution in [3.05, 3.63) is 35.9 Å². The third kappa shape index (κ3) is 4.96. The first-order valence-corrected chi connectivity index (χ1v) is 8.46. The van der Waals surface area contributed by atoms with Crippen LogP contribution in [0.25, 0.3) is 0 Å². The van der Waals surface area contributed by atoms with E-state index in [2.05, 4.69) is 0 Å². The monoisotopic (exact) mass is 333 g/mol. The van der Waals surface area contributed by atoms with Gasteiger partial charge >= 0.3 is 6.09 Å². The summed E-state index contributed by atoms with van der Waals surface area (Å²) < 4.78 is 5.37. The van der Waals surface area contributed by atoms with Crippen LogP contribution in [-0.4, -0.2) is 54.0 Å². The van der Waals surface area contributed by atoms with E-state index < -0.39 is 0 Å². The van der Waals surface area contributed by atoms with E-state index in [1.54, 1.807) is 9.80 Å². The third-order valence-corrected chi connectivity index (χ3v) is 4.32. The third-order valence-electron chi connectivity index (χ3n) is 4.32. The van der Waals surface area contributed by atoms with Crippen molar-refractivity contribution in [3.63, 3.8) is 0 Å². The molecule has 0 unspecified atom stereocenters. The van der Waals surface area contributed by atoms with Crippen LogP contribution in [0.2, 0.25) is 0 Å². The highest BCUT2D eigenvalue weighted by Gasteiger charge is 2.30. The second-order valence-corrected chi connectivity index (χ2v) is 6.48. The highest BCUT2D eigenvalue weighted by atomic mass is 16.6. The summed E-state index contributed by atoms with van der Waals surface area (Å²) >= 11 is 0. The van der Waals surface area contributed by atoms with E-state index in [1.807, 2.05) is 44.2 Å². The molecule has 1 fully saturated rings. The number of carbonyl (C=O) groups excluding carboxylic acids is 2. The zero-order valence-electron chi connectivity index (χ0n) is 14.5. The number of amides is 2. The molecule has 1 aliphatic heterocycles. The van der Waals surface area contributed by atoms with E-state index in [4.69, 9.17) is 10.5 Å². The lowest BCUT2D eigenvalue weighted by atomic mass is 10.1. The molecule has 0 aromatic heterocycles. The maximum absolute atomic E-state index is 12.2. The zero-order valence-corrected chi connectivity index (χ0v) is 14.5. The van der Waals surface area contributed by atoms with Gasteiger partial charge < -0.3 is 20.3 Å². The van der Waals surface area contributed by atoms with Gasteiger partial charge in [-0.3, -0.25) is 4.79 Å². The normalized spacial score (nSPS) is 17.2.